The molecule has 4 aromatic rings. The van der Waals surface area contributed by atoms with E-state index in [0.717, 1.165) is 56.6 Å². The number of hydrogen-bond donors (Lipinski definition) is 1. The minimum absolute atomic E-state index is 0.275. The molecule has 31 heavy (non-hydrogen) atoms. The largest absolute Gasteiger partial charge is 0.465 e. The molecular weight excluding hydrogens is 388 g/mol. The Bertz CT molecular complexity index is 1200. The van der Waals surface area contributed by atoms with Crippen LogP contribution in [0.1, 0.15) is 16.8 Å². The van der Waals surface area contributed by atoms with Gasteiger partial charge in [0.1, 0.15) is 0 Å². The SMILES string of the molecule is COC(=O)c1cn(CCCN2CCN(c3cccc4[nH]ccc34)CC2)c2ccccc12. The predicted molar refractivity (Wildman–Crippen MR) is 125 cm³/mol. The van der Waals surface area contributed by atoms with Crippen LogP contribution < -0.4 is 4.90 Å². The zero-order valence-electron chi connectivity index (χ0n) is 17.9. The standard InChI is InChI=1S/C25H28N4O2/c1-31-25(30)21-18-29(23-8-3-2-6-19(21)23)13-5-12-27-14-16-28(17-15-27)24-9-4-7-22-20(24)10-11-26-22/h2-4,6-11,18,26H,5,12-17H2,1H3. The van der Waals surface area contributed by atoms with Crippen molar-refractivity contribution in [3.8, 4) is 0 Å². The number of aryl methyl sites for hydroxylation is 1. The van der Waals surface area contributed by atoms with Crippen LogP contribution in [-0.2, 0) is 11.3 Å². The summed E-state index contributed by atoms with van der Waals surface area (Å²) in [4.78, 5) is 20.5. The van der Waals surface area contributed by atoms with E-state index in [4.69, 9.17) is 4.74 Å². The number of H-pyrrole nitrogens is 1. The molecule has 160 valence electrons. The van der Waals surface area contributed by atoms with Crippen molar-refractivity contribution in [2.24, 2.45) is 0 Å². The summed E-state index contributed by atoms with van der Waals surface area (Å²) in [5.41, 5.74) is 4.26. The second kappa shape index (κ2) is 8.47. The Morgan fingerprint density at radius 2 is 1.81 bits per heavy atom. The quantitative estimate of drug-likeness (QED) is 0.481. The number of hydrogen-bond acceptors (Lipinski definition) is 4. The van der Waals surface area contributed by atoms with Gasteiger partial charge >= 0.3 is 5.97 Å². The van der Waals surface area contributed by atoms with Crippen molar-refractivity contribution in [3.05, 3.63) is 66.5 Å². The number of benzene rings is 2. The highest BCUT2D eigenvalue weighted by molar-refractivity contribution is 6.04. The maximum atomic E-state index is 12.1. The Balaban J connectivity index is 1.19. The average Bonchev–Trinajstić information content (AvgIpc) is 3.44. The number of methoxy groups -OCH3 is 1. The summed E-state index contributed by atoms with van der Waals surface area (Å²) >= 11 is 0. The molecule has 1 aliphatic rings. The number of fused-ring (bicyclic) bond motifs is 2. The number of carbonyl (C=O) groups is 1. The first kappa shape index (κ1) is 19.7. The average molecular weight is 417 g/mol. The van der Waals surface area contributed by atoms with E-state index in [1.54, 1.807) is 0 Å². The lowest BCUT2D eigenvalue weighted by Crippen LogP contribution is -2.46. The molecule has 2 aromatic heterocycles. The smallest absolute Gasteiger partial charge is 0.340 e. The zero-order valence-corrected chi connectivity index (χ0v) is 17.9. The van der Waals surface area contributed by atoms with Crippen LogP contribution in [0, 0.1) is 0 Å². The van der Waals surface area contributed by atoms with Crippen molar-refractivity contribution in [2.75, 3.05) is 44.7 Å². The number of rotatable bonds is 6. The molecule has 1 fully saturated rings. The Hall–Kier alpha value is -3.25. The van der Waals surface area contributed by atoms with Gasteiger partial charge in [-0.25, -0.2) is 4.79 Å². The summed E-state index contributed by atoms with van der Waals surface area (Å²) < 4.78 is 7.14. The van der Waals surface area contributed by atoms with Gasteiger partial charge in [-0.2, -0.15) is 0 Å². The molecule has 1 N–H and O–H groups in total. The van der Waals surface area contributed by atoms with Gasteiger partial charge in [0, 0.05) is 72.6 Å². The molecule has 0 radical (unpaired) electrons. The van der Waals surface area contributed by atoms with E-state index >= 15 is 0 Å². The molecule has 1 saturated heterocycles. The third-order valence-corrected chi connectivity index (χ3v) is 6.35. The maximum Gasteiger partial charge on any atom is 0.340 e. The normalized spacial score (nSPS) is 15.1. The van der Waals surface area contributed by atoms with Crippen LogP contribution in [0.5, 0.6) is 0 Å². The van der Waals surface area contributed by atoms with Crippen molar-refractivity contribution in [1.29, 1.82) is 0 Å². The lowest BCUT2D eigenvalue weighted by molar-refractivity contribution is 0.0602. The lowest BCUT2D eigenvalue weighted by Gasteiger charge is -2.36. The van der Waals surface area contributed by atoms with Crippen molar-refractivity contribution in [2.45, 2.75) is 13.0 Å². The second-order valence-corrected chi connectivity index (χ2v) is 8.14. The number of piperazine rings is 1. The molecule has 0 amide bonds. The number of carbonyl (C=O) groups excluding carboxylic acids is 1. The molecule has 0 aliphatic carbocycles. The van der Waals surface area contributed by atoms with Crippen molar-refractivity contribution in [3.63, 3.8) is 0 Å². The lowest BCUT2D eigenvalue weighted by atomic mass is 10.1. The van der Waals surface area contributed by atoms with Gasteiger partial charge in [0.2, 0.25) is 0 Å². The number of esters is 1. The van der Waals surface area contributed by atoms with E-state index in [2.05, 4.69) is 49.7 Å². The molecule has 1 aliphatic heterocycles. The van der Waals surface area contributed by atoms with Crippen LogP contribution in [0.25, 0.3) is 21.8 Å². The van der Waals surface area contributed by atoms with E-state index in [0.29, 0.717) is 5.56 Å². The van der Waals surface area contributed by atoms with Crippen LogP contribution >= 0.6 is 0 Å². The number of nitrogens with one attached hydrogen (secondary N) is 1. The monoisotopic (exact) mass is 416 g/mol. The molecule has 0 bridgehead atoms. The van der Waals surface area contributed by atoms with Gasteiger partial charge in [-0.05, 0) is 37.2 Å². The van der Waals surface area contributed by atoms with Crippen LogP contribution in [0.3, 0.4) is 0 Å². The molecular formula is C25H28N4O2. The maximum absolute atomic E-state index is 12.1. The van der Waals surface area contributed by atoms with Crippen molar-refractivity contribution in [1.82, 2.24) is 14.5 Å². The first-order valence-electron chi connectivity index (χ1n) is 10.9. The summed E-state index contributed by atoms with van der Waals surface area (Å²) in [6.07, 6.45) is 5.00. The molecule has 3 heterocycles. The summed E-state index contributed by atoms with van der Waals surface area (Å²) in [7, 11) is 1.44. The second-order valence-electron chi connectivity index (χ2n) is 8.14. The van der Waals surface area contributed by atoms with Gasteiger partial charge in [0.05, 0.1) is 12.7 Å². The Labute approximate surface area is 182 Å². The fraction of sp³-hybridized carbons (Fsp3) is 0.320. The fourth-order valence-electron chi connectivity index (χ4n) is 4.73. The summed E-state index contributed by atoms with van der Waals surface area (Å²) in [6, 6.07) is 16.7. The first-order valence-corrected chi connectivity index (χ1v) is 10.9. The third kappa shape index (κ3) is 3.79. The Kier molecular flexibility index (Phi) is 5.38. The number of nitrogens with zero attached hydrogens (tertiary/aromatic N) is 3. The molecule has 0 atom stereocenters. The molecule has 0 saturated carbocycles. The molecule has 0 spiro atoms. The van der Waals surface area contributed by atoms with E-state index < -0.39 is 0 Å². The van der Waals surface area contributed by atoms with Crippen molar-refractivity contribution < 1.29 is 9.53 Å². The third-order valence-electron chi connectivity index (χ3n) is 6.35. The number of para-hydroxylation sites is 1. The number of anilines is 1. The fourth-order valence-corrected chi connectivity index (χ4v) is 4.73. The van der Waals surface area contributed by atoms with Gasteiger partial charge in [-0.15, -0.1) is 0 Å². The van der Waals surface area contributed by atoms with E-state index in [1.807, 2.05) is 30.6 Å². The van der Waals surface area contributed by atoms with E-state index in [-0.39, 0.29) is 5.97 Å². The highest BCUT2D eigenvalue weighted by atomic mass is 16.5. The highest BCUT2D eigenvalue weighted by Crippen LogP contribution is 2.27. The molecule has 2 aromatic carbocycles. The highest BCUT2D eigenvalue weighted by Gasteiger charge is 2.19. The molecule has 6 heteroatoms. The minimum atomic E-state index is -0.275. The van der Waals surface area contributed by atoms with Gasteiger partial charge in [0.15, 0.2) is 0 Å². The molecule has 0 unspecified atom stereocenters. The van der Waals surface area contributed by atoms with Gasteiger partial charge in [-0.1, -0.05) is 24.3 Å². The van der Waals surface area contributed by atoms with E-state index in [9.17, 15) is 4.79 Å². The van der Waals surface area contributed by atoms with Crippen LogP contribution in [0.2, 0.25) is 0 Å². The first-order chi connectivity index (χ1) is 15.2. The van der Waals surface area contributed by atoms with Gasteiger partial charge in [0.25, 0.3) is 0 Å². The van der Waals surface area contributed by atoms with Gasteiger partial charge in [-0.3, -0.25) is 4.90 Å². The summed E-state index contributed by atoms with van der Waals surface area (Å²) in [6.45, 7) is 6.18. The summed E-state index contributed by atoms with van der Waals surface area (Å²) in [5.74, 6) is -0.275. The number of aromatic nitrogens is 2. The molecule has 5 rings (SSSR count). The van der Waals surface area contributed by atoms with Gasteiger partial charge < -0.3 is 19.2 Å². The summed E-state index contributed by atoms with van der Waals surface area (Å²) in [5, 5.41) is 2.26. The van der Waals surface area contributed by atoms with Crippen LogP contribution in [0.4, 0.5) is 5.69 Å². The topological polar surface area (TPSA) is 53.5 Å². The van der Waals surface area contributed by atoms with Crippen LogP contribution in [-0.4, -0.2) is 60.3 Å². The van der Waals surface area contributed by atoms with Crippen LogP contribution in [0.15, 0.2) is 60.9 Å². The Morgan fingerprint density at radius 1 is 0.968 bits per heavy atom. The Morgan fingerprint density at radius 3 is 2.65 bits per heavy atom. The number of ether oxygens (including phenoxy) is 1. The zero-order chi connectivity index (χ0) is 21.2. The van der Waals surface area contributed by atoms with Crippen molar-refractivity contribution >= 4 is 33.5 Å². The predicted octanol–water partition coefficient (Wildman–Crippen LogP) is 4.12. The number of aromatic amines is 1. The minimum Gasteiger partial charge on any atom is -0.465 e. The molecule has 6 nitrogen and oxygen atoms in total. The van der Waals surface area contributed by atoms with E-state index in [1.165, 1.54) is 23.7 Å².